The molecule has 4 aromatic rings. The highest BCUT2D eigenvalue weighted by atomic mass is 35.5. The van der Waals surface area contributed by atoms with Gasteiger partial charge >= 0.3 is 0 Å². The maximum Gasteiger partial charge on any atom is 0.264 e. The number of aryl methyl sites for hydroxylation is 1. The molecule has 0 aliphatic rings. The summed E-state index contributed by atoms with van der Waals surface area (Å²) in [6.07, 6.45) is 0.170. The van der Waals surface area contributed by atoms with E-state index in [1.54, 1.807) is 43.3 Å². The van der Waals surface area contributed by atoms with Crippen molar-refractivity contribution in [3.63, 3.8) is 0 Å². The Morgan fingerprint density at radius 3 is 2.19 bits per heavy atom. The molecule has 0 saturated carbocycles. The van der Waals surface area contributed by atoms with E-state index < -0.39 is 40.2 Å². The van der Waals surface area contributed by atoms with Crippen molar-refractivity contribution in [2.24, 2.45) is 0 Å². The van der Waals surface area contributed by atoms with Crippen molar-refractivity contribution in [2.75, 3.05) is 17.4 Å². The lowest BCUT2D eigenvalue weighted by Crippen LogP contribution is -2.53. The van der Waals surface area contributed by atoms with Crippen LogP contribution >= 0.6 is 11.6 Å². The monoisotopic (exact) mass is 621 g/mol. The lowest BCUT2D eigenvalue weighted by atomic mass is 10.0. The number of carbonyl (C=O) groups is 2. The van der Waals surface area contributed by atoms with Crippen LogP contribution in [0.3, 0.4) is 0 Å². The topological polar surface area (TPSA) is 86.8 Å². The van der Waals surface area contributed by atoms with E-state index in [9.17, 15) is 18.0 Å². The zero-order valence-corrected chi connectivity index (χ0v) is 25.5. The molecule has 0 aliphatic heterocycles. The summed E-state index contributed by atoms with van der Waals surface area (Å²) in [4.78, 5) is 29.0. The number of amides is 2. The van der Waals surface area contributed by atoms with E-state index >= 15 is 4.39 Å². The van der Waals surface area contributed by atoms with Gasteiger partial charge in [-0.05, 0) is 61.4 Å². The van der Waals surface area contributed by atoms with E-state index in [0.717, 1.165) is 21.5 Å². The number of likely N-dealkylation sites (N-methyl/N-ethyl adjacent to an activating group) is 1. The molecule has 1 N–H and O–H groups in total. The highest BCUT2D eigenvalue weighted by molar-refractivity contribution is 7.92. The third-order valence-electron chi connectivity index (χ3n) is 6.87. The fourth-order valence-corrected chi connectivity index (χ4v) is 6.32. The average Bonchev–Trinajstić information content (AvgIpc) is 2.99. The highest BCUT2D eigenvalue weighted by Gasteiger charge is 2.35. The van der Waals surface area contributed by atoms with Crippen molar-refractivity contribution in [3.05, 3.63) is 131 Å². The average molecular weight is 622 g/mol. The number of hydrogen-bond acceptors (Lipinski definition) is 4. The fraction of sp³-hybridized carbons (Fsp3) is 0.212. The molecule has 4 rings (SSSR count). The first-order valence-electron chi connectivity index (χ1n) is 13.8. The minimum Gasteiger partial charge on any atom is -0.355 e. The molecule has 4 aromatic carbocycles. The van der Waals surface area contributed by atoms with E-state index in [0.29, 0.717) is 17.1 Å². The number of hydrogen-bond donors (Lipinski definition) is 1. The van der Waals surface area contributed by atoms with Gasteiger partial charge < -0.3 is 10.2 Å². The van der Waals surface area contributed by atoms with Crippen molar-refractivity contribution < 1.29 is 22.4 Å². The molecular weight excluding hydrogens is 589 g/mol. The number of sulfonamides is 1. The predicted octanol–water partition coefficient (Wildman–Crippen LogP) is 5.76. The van der Waals surface area contributed by atoms with Crippen LogP contribution in [0.15, 0.2) is 108 Å². The molecule has 0 radical (unpaired) electrons. The molecule has 2 amide bonds. The van der Waals surface area contributed by atoms with Gasteiger partial charge in [0.05, 0.1) is 10.6 Å². The van der Waals surface area contributed by atoms with Gasteiger partial charge in [-0.3, -0.25) is 13.9 Å². The quantitative estimate of drug-likeness (QED) is 0.218. The standard InChI is InChI=1S/C33H33ClFN3O4S/c1-3-36-33(40)31(21-25-10-5-4-6-11-25)37(22-26-12-9-13-27(34)20-26)32(39)23-38(30-15-8-7-14-29(30)35)43(41,42)28-18-16-24(2)17-19-28/h4-20,31H,3,21-23H2,1-2H3,(H,36,40)/t31-/m1/s1. The third-order valence-corrected chi connectivity index (χ3v) is 8.88. The number of halogens is 2. The lowest BCUT2D eigenvalue weighted by molar-refractivity contribution is -0.140. The molecule has 0 fully saturated rings. The van der Waals surface area contributed by atoms with Gasteiger partial charge in [0, 0.05) is 24.5 Å². The number of nitrogens with zero attached hydrogens (tertiary/aromatic N) is 2. The predicted molar refractivity (Wildman–Crippen MR) is 167 cm³/mol. The maximum atomic E-state index is 15.2. The van der Waals surface area contributed by atoms with Gasteiger partial charge in [-0.25, -0.2) is 12.8 Å². The van der Waals surface area contributed by atoms with E-state index in [2.05, 4.69) is 5.32 Å². The Labute approximate surface area is 257 Å². The van der Waals surface area contributed by atoms with Gasteiger partial charge in [0.25, 0.3) is 10.0 Å². The van der Waals surface area contributed by atoms with Gasteiger partial charge in [-0.1, -0.05) is 83.9 Å². The Balaban J connectivity index is 1.80. The van der Waals surface area contributed by atoms with Gasteiger partial charge in [-0.15, -0.1) is 0 Å². The SMILES string of the molecule is CCNC(=O)[C@@H](Cc1ccccc1)N(Cc1cccc(Cl)c1)C(=O)CN(c1ccccc1F)S(=O)(=O)c1ccc(C)cc1. The first kappa shape index (κ1) is 31.7. The maximum absolute atomic E-state index is 15.2. The highest BCUT2D eigenvalue weighted by Crippen LogP contribution is 2.27. The van der Waals surface area contributed by atoms with E-state index in [1.807, 2.05) is 37.3 Å². The summed E-state index contributed by atoms with van der Waals surface area (Å²) in [5.41, 5.74) is 2.01. The van der Waals surface area contributed by atoms with Gasteiger partial charge in [0.2, 0.25) is 11.8 Å². The normalized spacial score (nSPS) is 11.9. The summed E-state index contributed by atoms with van der Waals surface area (Å²) in [6, 6.07) is 26.5. The number of nitrogens with one attached hydrogen (secondary N) is 1. The summed E-state index contributed by atoms with van der Waals surface area (Å²) in [5, 5.41) is 3.25. The molecule has 0 saturated heterocycles. The summed E-state index contributed by atoms with van der Waals surface area (Å²) >= 11 is 6.24. The van der Waals surface area contributed by atoms with Crippen LogP contribution in [-0.4, -0.2) is 44.3 Å². The van der Waals surface area contributed by atoms with Crippen LogP contribution in [0.4, 0.5) is 10.1 Å². The Hall–Kier alpha value is -4.21. The van der Waals surface area contributed by atoms with Crippen molar-refractivity contribution in [1.82, 2.24) is 10.2 Å². The number of anilines is 1. The second-order valence-corrected chi connectivity index (χ2v) is 12.3. The minimum absolute atomic E-state index is 0.0380. The molecule has 224 valence electrons. The summed E-state index contributed by atoms with van der Waals surface area (Å²) in [5.74, 6) is -1.90. The second kappa shape index (κ2) is 14.3. The number of benzene rings is 4. The summed E-state index contributed by atoms with van der Waals surface area (Å²) in [7, 11) is -4.39. The van der Waals surface area contributed by atoms with E-state index in [1.165, 1.54) is 35.2 Å². The minimum atomic E-state index is -4.39. The first-order valence-corrected chi connectivity index (χ1v) is 15.6. The fourth-order valence-electron chi connectivity index (χ4n) is 4.68. The first-order chi connectivity index (χ1) is 20.6. The Kier molecular flexibility index (Phi) is 10.6. The van der Waals surface area contributed by atoms with Crippen LogP contribution in [0.25, 0.3) is 0 Å². The largest absolute Gasteiger partial charge is 0.355 e. The molecule has 7 nitrogen and oxygen atoms in total. The molecule has 10 heteroatoms. The summed E-state index contributed by atoms with van der Waals surface area (Å²) < 4.78 is 43.8. The Bertz CT molecular complexity index is 1670. The molecule has 1 atom stereocenters. The van der Waals surface area contributed by atoms with Crippen molar-refractivity contribution in [3.8, 4) is 0 Å². The Morgan fingerprint density at radius 2 is 1.53 bits per heavy atom. The molecule has 0 spiro atoms. The molecule has 0 aromatic heterocycles. The van der Waals surface area contributed by atoms with Crippen LogP contribution in [0.2, 0.25) is 5.02 Å². The third kappa shape index (κ3) is 8.00. The van der Waals surface area contributed by atoms with Crippen LogP contribution in [0.5, 0.6) is 0 Å². The van der Waals surface area contributed by atoms with Crippen molar-refractivity contribution >= 4 is 39.1 Å². The van der Waals surface area contributed by atoms with Crippen LogP contribution in [0, 0.1) is 12.7 Å². The molecular formula is C33H33ClFN3O4S. The second-order valence-electron chi connectivity index (χ2n) is 10.0. The van der Waals surface area contributed by atoms with Crippen LogP contribution < -0.4 is 9.62 Å². The number of carbonyl (C=O) groups excluding carboxylic acids is 2. The Morgan fingerprint density at radius 1 is 0.884 bits per heavy atom. The number of para-hydroxylation sites is 1. The smallest absolute Gasteiger partial charge is 0.264 e. The zero-order valence-electron chi connectivity index (χ0n) is 23.9. The molecule has 0 aliphatic carbocycles. The zero-order chi connectivity index (χ0) is 31.0. The van der Waals surface area contributed by atoms with E-state index in [-0.39, 0.29) is 23.5 Å². The van der Waals surface area contributed by atoms with Crippen molar-refractivity contribution in [1.29, 1.82) is 0 Å². The van der Waals surface area contributed by atoms with Crippen LogP contribution in [-0.2, 0) is 32.6 Å². The molecule has 0 heterocycles. The number of rotatable bonds is 12. The van der Waals surface area contributed by atoms with Gasteiger partial charge in [0.15, 0.2) is 0 Å². The van der Waals surface area contributed by atoms with Gasteiger partial charge in [-0.2, -0.15) is 0 Å². The lowest BCUT2D eigenvalue weighted by Gasteiger charge is -2.34. The van der Waals surface area contributed by atoms with Gasteiger partial charge in [0.1, 0.15) is 18.4 Å². The van der Waals surface area contributed by atoms with Crippen LogP contribution in [0.1, 0.15) is 23.6 Å². The molecule has 0 unspecified atom stereocenters. The molecule has 0 bridgehead atoms. The van der Waals surface area contributed by atoms with E-state index in [4.69, 9.17) is 11.6 Å². The van der Waals surface area contributed by atoms with Crippen molar-refractivity contribution in [2.45, 2.75) is 37.8 Å². The molecule has 43 heavy (non-hydrogen) atoms. The summed E-state index contributed by atoms with van der Waals surface area (Å²) in [6.45, 7) is 3.13.